The molecule has 0 amide bonds. The first-order chi connectivity index (χ1) is 7.66. The third kappa shape index (κ3) is 2.74. The van der Waals surface area contributed by atoms with Gasteiger partial charge in [0.25, 0.3) is 0 Å². The van der Waals surface area contributed by atoms with Crippen LogP contribution in [0.1, 0.15) is 25.7 Å². The Hall–Kier alpha value is -0.610. The maximum absolute atomic E-state index is 13.0. The van der Waals surface area contributed by atoms with Gasteiger partial charge in [0, 0.05) is 0 Å². The van der Waals surface area contributed by atoms with Crippen LogP contribution in [0, 0.1) is 5.82 Å². The molecule has 1 saturated carbocycles. The van der Waals surface area contributed by atoms with E-state index in [1.807, 2.05) is 0 Å². The van der Waals surface area contributed by atoms with E-state index in [9.17, 15) is 9.50 Å². The minimum absolute atomic E-state index is 0.161. The summed E-state index contributed by atoms with van der Waals surface area (Å²) in [5.41, 5.74) is 0. The zero-order valence-electron chi connectivity index (χ0n) is 8.83. The summed E-state index contributed by atoms with van der Waals surface area (Å²) in [4.78, 5) is 0. The van der Waals surface area contributed by atoms with Gasteiger partial charge in [-0.25, -0.2) is 4.39 Å². The Balaban J connectivity index is 2.05. The van der Waals surface area contributed by atoms with Crippen LogP contribution in [-0.4, -0.2) is 17.3 Å². The molecule has 0 radical (unpaired) electrons. The van der Waals surface area contributed by atoms with Crippen LogP contribution in [0.2, 0.25) is 0 Å². The van der Waals surface area contributed by atoms with Crippen LogP contribution in [0.15, 0.2) is 22.7 Å². The van der Waals surface area contributed by atoms with Crippen LogP contribution in [0.4, 0.5) is 4.39 Å². The Labute approximate surface area is 103 Å². The van der Waals surface area contributed by atoms with Gasteiger partial charge < -0.3 is 9.84 Å². The van der Waals surface area contributed by atoms with E-state index in [4.69, 9.17) is 4.74 Å². The Kier molecular flexibility index (Phi) is 3.82. The molecule has 0 bridgehead atoms. The molecule has 88 valence electrons. The van der Waals surface area contributed by atoms with Gasteiger partial charge in [-0.15, -0.1) is 0 Å². The number of benzene rings is 1. The number of halogens is 2. The van der Waals surface area contributed by atoms with Crippen molar-refractivity contribution in [2.24, 2.45) is 0 Å². The summed E-state index contributed by atoms with van der Waals surface area (Å²) in [6.45, 7) is 0. The lowest BCUT2D eigenvalue weighted by molar-refractivity contribution is 0.00681. The number of hydrogen-bond donors (Lipinski definition) is 1. The van der Waals surface area contributed by atoms with Crippen LogP contribution in [0.3, 0.4) is 0 Å². The molecule has 16 heavy (non-hydrogen) atoms. The zero-order chi connectivity index (χ0) is 11.5. The van der Waals surface area contributed by atoms with E-state index in [0.717, 1.165) is 25.7 Å². The first-order valence-corrected chi connectivity index (χ1v) is 6.26. The Bertz CT molecular complexity index is 370. The molecule has 1 aromatic rings. The smallest absolute Gasteiger partial charge is 0.137 e. The van der Waals surface area contributed by atoms with Gasteiger partial charge in [-0.1, -0.05) is 6.42 Å². The summed E-state index contributed by atoms with van der Waals surface area (Å²) < 4.78 is 19.0. The number of aliphatic hydroxyl groups excluding tert-OH is 1. The maximum atomic E-state index is 13.0. The molecule has 1 aromatic carbocycles. The fourth-order valence-corrected chi connectivity index (χ4v) is 2.30. The highest BCUT2D eigenvalue weighted by molar-refractivity contribution is 9.10. The SMILES string of the molecule is OC1CCCCC1Oc1ccc(F)c(Br)c1. The molecule has 1 N–H and O–H groups in total. The molecule has 2 rings (SSSR count). The van der Waals surface area contributed by atoms with Gasteiger partial charge in [-0.3, -0.25) is 0 Å². The quantitative estimate of drug-likeness (QED) is 0.905. The third-order valence-corrected chi connectivity index (χ3v) is 3.45. The van der Waals surface area contributed by atoms with Crippen molar-refractivity contribution in [1.29, 1.82) is 0 Å². The van der Waals surface area contributed by atoms with E-state index in [-0.39, 0.29) is 11.9 Å². The van der Waals surface area contributed by atoms with Gasteiger partial charge in [0.2, 0.25) is 0 Å². The van der Waals surface area contributed by atoms with Gasteiger partial charge >= 0.3 is 0 Å². The summed E-state index contributed by atoms with van der Waals surface area (Å²) in [6.07, 6.45) is 3.20. The van der Waals surface area contributed by atoms with Crippen LogP contribution in [0.25, 0.3) is 0 Å². The first-order valence-electron chi connectivity index (χ1n) is 5.46. The lowest BCUT2D eigenvalue weighted by Gasteiger charge is -2.28. The Morgan fingerprint density at radius 2 is 2.06 bits per heavy atom. The second-order valence-electron chi connectivity index (χ2n) is 4.08. The molecular formula is C12H14BrFO2. The third-order valence-electron chi connectivity index (χ3n) is 2.85. The van der Waals surface area contributed by atoms with Crippen molar-refractivity contribution in [2.45, 2.75) is 37.9 Å². The van der Waals surface area contributed by atoms with Crippen molar-refractivity contribution < 1.29 is 14.2 Å². The molecule has 0 spiro atoms. The van der Waals surface area contributed by atoms with E-state index < -0.39 is 6.10 Å². The lowest BCUT2D eigenvalue weighted by Crippen LogP contribution is -2.34. The van der Waals surface area contributed by atoms with Crippen molar-refractivity contribution in [3.05, 3.63) is 28.5 Å². The highest BCUT2D eigenvalue weighted by Gasteiger charge is 2.24. The Morgan fingerprint density at radius 3 is 2.75 bits per heavy atom. The molecular weight excluding hydrogens is 275 g/mol. The van der Waals surface area contributed by atoms with Crippen LogP contribution in [-0.2, 0) is 0 Å². The minimum Gasteiger partial charge on any atom is -0.488 e. The average Bonchev–Trinajstić information content (AvgIpc) is 2.27. The van der Waals surface area contributed by atoms with Crippen molar-refractivity contribution in [3.63, 3.8) is 0 Å². The number of ether oxygens (including phenoxy) is 1. The van der Waals surface area contributed by atoms with Crippen LogP contribution >= 0.6 is 15.9 Å². The van der Waals surface area contributed by atoms with Crippen molar-refractivity contribution in [3.8, 4) is 5.75 Å². The van der Waals surface area contributed by atoms with Gasteiger partial charge in [0.05, 0.1) is 10.6 Å². The second-order valence-corrected chi connectivity index (χ2v) is 4.94. The number of rotatable bonds is 2. The van der Waals surface area contributed by atoms with Gasteiger partial charge in [0.1, 0.15) is 17.7 Å². The second kappa shape index (κ2) is 5.15. The maximum Gasteiger partial charge on any atom is 0.137 e. The predicted molar refractivity (Wildman–Crippen MR) is 63.0 cm³/mol. The van der Waals surface area contributed by atoms with Crippen molar-refractivity contribution in [1.82, 2.24) is 0 Å². The number of hydrogen-bond acceptors (Lipinski definition) is 2. The monoisotopic (exact) mass is 288 g/mol. The Morgan fingerprint density at radius 1 is 1.31 bits per heavy atom. The van der Waals surface area contributed by atoms with E-state index in [0.29, 0.717) is 10.2 Å². The molecule has 1 fully saturated rings. The van der Waals surface area contributed by atoms with E-state index in [1.165, 1.54) is 6.07 Å². The highest BCUT2D eigenvalue weighted by Crippen LogP contribution is 2.26. The molecule has 1 aliphatic rings. The highest BCUT2D eigenvalue weighted by atomic mass is 79.9. The molecule has 4 heteroatoms. The topological polar surface area (TPSA) is 29.5 Å². The number of aliphatic hydroxyl groups is 1. The molecule has 0 aromatic heterocycles. The van der Waals surface area contributed by atoms with Crippen molar-refractivity contribution in [2.75, 3.05) is 0 Å². The van der Waals surface area contributed by atoms with Gasteiger partial charge in [-0.2, -0.15) is 0 Å². The standard InChI is InChI=1S/C12H14BrFO2/c13-9-7-8(5-6-10(9)14)16-12-4-2-1-3-11(12)15/h5-7,11-12,15H,1-4H2. The summed E-state index contributed by atoms with van der Waals surface area (Å²) in [6, 6.07) is 4.53. The molecule has 2 atom stereocenters. The summed E-state index contributed by atoms with van der Waals surface area (Å²) in [7, 11) is 0. The summed E-state index contributed by atoms with van der Waals surface area (Å²) in [5.74, 6) is 0.288. The van der Waals surface area contributed by atoms with Gasteiger partial charge in [0.15, 0.2) is 0 Å². The predicted octanol–water partition coefficient (Wildman–Crippen LogP) is 3.27. The van der Waals surface area contributed by atoms with E-state index in [2.05, 4.69) is 15.9 Å². The summed E-state index contributed by atoms with van der Waals surface area (Å²) >= 11 is 3.11. The van der Waals surface area contributed by atoms with Crippen LogP contribution in [0.5, 0.6) is 5.75 Å². The van der Waals surface area contributed by atoms with Crippen LogP contribution < -0.4 is 4.74 Å². The summed E-state index contributed by atoms with van der Waals surface area (Å²) in [5, 5.41) is 9.74. The molecule has 2 unspecified atom stereocenters. The molecule has 0 saturated heterocycles. The normalized spacial score (nSPS) is 25.4. The fourth-order valence-electron chi connectivity index (χ4n) is 1.94. The average molecular weight is 289 g/mol. The largest absolute Gasteiger partial charge is 0.488 e. The lowest BCUT2D eigenvalue weighted by atomic mass is 9.95. The zero-order valence-corrected chi connectivity index (χ0v) is 10.4. The fraction of sp³-hybridized carbons (Fsp3) is 0.500. The molecule has 1 aliphatic carbocycles. The molecule has 0 aliphatic heterocycles. The molecule has 0 heterocycles. The van der Waals surface area contributed by atoms with Crippen molar-refractivity contribution >= 4 is 15.9 Å². The molecule has 2 nitrogen and oxygen atoms in total. The van der Waals surface area contributed by atoms with E-state index in [1.54, 1.807) is 12.1 Å². The first kappa shape index (κ1) is 11.9. The minimum atomic E-state index is -0.405. The van der Waals surface area contributed by atoms with E-state index >= 15 is 0 Å². The van der Waals surface area contributed by atoms with Gasteiger partial charge in [-0.05, 0) is 53.4 Å².